The van der Waals surface area contributed by atoms with Crippen LogP contribution in [0.5, 0.6) is 5.75 Å². The summed E-state index contributed by atoms with van der Waals surface area (Å²) in [5, 5.41) is 15.0. The topological polar surface area (TPSA) is 78.4 Å². The standard InChI is InChI=1S/C20H19BrN2O3/c21-13-5-7-14(8-6-13)22-19(25)17-3-1-2-4-18(17)20(26)23-15-9-11-16(24)12-10-15/h1-2,5-12,17-18,24H,3-4H2,(H,22,25)(H,23,26). The monoisotopic (exact) mass is 414 g/mol. The molecule has 1 aliphatic rings. The zero-order chi connectivity index (χ0) is 18.5. The van der Waals surface area contributed by atoms with Crippen molar-refractivity contribution in [2.75, 3.05) is 10.6 Å². The van der Waals surface area contributed by atoms with Gasteiger partial charge >= 0.3 is 0 Å². The number of carbonyl (C=O) groups excluding carboxylic acids is 2. The molecule has 2 aromatic carbocycles. The average molecular weight is 415 g/mol. The SMILES string of the molecule is O=C(Nc1ccc(O)cc1)C1CC=CCC1C(=O)Nc1ccc(Br)cc1. The number of hydrogen-bond donors (Lipinski definition) is 3. The van der Waals surface area contributed by atoms with Crippen molar-refractivity contribution in [3.05, 3.63) is 65.2 Å². The Morgan fingerprint density at radius 2 is 1.23 bits per heavy atom. The van der Waals surface area contributed by atoms with E-state index in [1.165, 1.54) is 12.1 Å². The lowest BCUT2D eigenvalue weighted by Gasteiger charge is -2.26. The summed E-state index contributed by atoms with van der Waals surface area (Å²) in [7, 11) is 0. The molecule has 0 radical (unpaired) electrons. The second-order valence-electron chi connectivity index (χ2n) is 6.19. The Morgan fingerprint density at radius 3 is 1.69 bits per heavy atom. The van der Waals surface area contributed by atoms with E-state index in [4.69, 9.17) is 0 Å². The first-order valence-corrected chi connectivity index (χ1v) is 9.13. The minimum absolute atomic E-state index is 0.135. The van der Waals surface area contributed by atoms with Gasteiger partial charge in [0.1, 0.15) is 5.75 Å². The lowest BCUT2D eigenvalue weighted by Crippen LogP contribution is -2.37. The van der Waals surface area contributed by atoms with Crippen molar-refractivity contribution in [1.29, 1.82) is 0 Å². The zero-order valence-corrected chi connectivity index (χ0v) is 15.6. The van der Waals surface area contributed by atoms with E-state index in [0.29, 0.717) is 24.2 Å². The highest BCUT2D eigenvalue weighted by molar-refractivity contribution is 9.10. The van der Waals surface area contributed by atoms with Gasteiger partial charge in [-0.15, -0.1) is 0 Å². The van der Waals surface area contributed by atoms with Gasteiger partial charge in [0.25, 0.3) is 0 Å². The number of anilines is 2. The zero-order valence-electron chi connectivity index (χ0n) is 14.0. The molecule has 0 saturated heterocycles. The molecule has 0 aliphatic heterocycles. The molecule has 5 nitrogen and oxygen atoms in total. The van der Waals surface area contributed by atoms with E-state index in [-0.39, 0.29) is 17.6 Å². The molecule has 2 unspecified atom stereocenters. The Bertz CT molecular complexity index is 746. The first-order valence-electron chi connectivity index (χ1n) is 8.34. The number of hydrogen-bond acceptors (Lipinski definition) is 3. The lowest BCUT2D eigenvalue weighted by atomic mass is 9.81. The van der Waals surface area contributed by atoms with E-state index in [2.05, 4.69) is 26.6 Å². The van der Waals surface area contributed by atoms with E-state index >= 15 is 0 Å². The maximum atomic E-state index is 12.7. The van der Waals surface area contributed by atoms with Gasteiger partial charge in [-0.25, -0.2) is 0 Å². The normalized spacial score (nSPS) is 19.0. The van der Waals surface area contributed by atoms with Gasteiger partial charge in [0.15, 0.2) is 0 Å². The Morgan fingerprint density at radius 1 is 0.808 bits per heavy atom. The Kier molecular flexibility index (Phi) is 5.73. The highest BCUT2D eigenvalue weighted by Crippen LogP contribution is 2.29. The second-order valence-corrected chi connectivity index (χ2v) is 7.10. The van der Waals surface area contributed by atoms with Crippen LogP contribution < -0.4 is 10.6 Å². The van der Waals surface area contributed by atoms with Crippen molar-refractivity contribution < 1.29 is 14.7 Å². The molecule has 2 atom stereocenters. The van der Waals surface area contributed by atoms with Crippen molar-refractivity contribution in [3.63, 3.8) is 0 Å². The third kappa shape index (κ3) is 4.52. The highest BCUT2D eigenvalue weighted by Gasteiger charge is 2.34. The van der Waals surface area contributed by atoms with Gasteiger partial charge in [0.2, 0.25) is 11.8 Å². The van der Waals surface area contributed by atoms with Gasteiger partial charge in [0.05, 0.1) is 11.8 Å². The van der Waals surface area contributed by atoms with Gasteiger partial charge in [-0.05, 0) is 61.4 Å². The lowest BCUT2D eigenvalue weighted by molar-refractivity contribution is -0.129. The predicted octanol–water partition coefficient (Wildman–Crippen LogP) is 4.31. The largest absolute Gasteiger partial charge is 0.508 e. The molecular formula is C20H19BrN2O3. The number of halogens is 1. The number of carbonyl (C=O) groups is 2. The fraction of sp³-hybridized carbons (Fsp3) is 0.200. The number of aromatic hydroxyl groups is 1. The Balaban J connectivity index is 1.69. The average Bonchev–Trinajstić information content (AvgIpc) is 2.65. The number of phenols is 1. The van der Waals surface area contributed by atoms with Crippen LogP contribution in [0.15, 0.2) is 65.2 Å². The van der Waals surface area contributed by atoms with E-state index in [9.17, 15) is 14.7 Å². The van der Waals surface area contributed by atoms with Crippen LogP contribution in [0.25, 0.3) is 0 Å². The molecule has 3 N–H and O–H groups in total. The highest BCUT2D eigenvalue weighted by atomic mass is 79.9. The molecule has 0 fully saturated rings. The van der Waals surface area contributed by atoms with Gasteiger partial charge in [-0.2, -0.15) is 0 Å². The third-order valence-electron chi connectivity index (χ3n) is 4.35. The Hall–Kier alpha value is -2.60. The molecule has 0 heterocycles. The molecule has 0 bridgehead atoms. The van der Waals surface area contributed by atoms with E-state index < -0.39 is 11.8 Å². The van der Waals surface area contributed by atoms with Gasteiger partial charge in [-0.3, -0.25) is 9.59 Å². The van der Waals surface area contributed by atoms with E-state index in [0.717, 1.165) is 4.47 Å². The molecule has 3 rings (SSSR count). The summed E-state index contributed by atoms with van der Waals surface area (Å²) < 4.78 is 0.933. The predicted molar refractivity (Wildman–Crippen MR) is 105 cm³/mol. The fourth-order valence-corrected chi connectivity index (χ4v) is 3.21. The van der Waals surface area contributed by atoms with Crippen LogP contribution in [0.1, 0.15) is 12.8 Å². The van der Waals surface area contributed by atoms with Crippen LogP contribution in [0, 0.1) is 11.8 Å². The van der Waals surface area contributed by atoms with Crippen molar-refractivity contribution >= 4 is 39.1 Å². The minimum atomic E-state index is -0.441. The summed E-state index contributed by atoms with van der Waals surface area (Å²) in [4.78, 5) is 25.4. The van der Waals surface area contributed by atoms with Gasteiger partial charge < -0.3 is 15.7 Å². The van der Waals surface area contributed by atoms with Crippen molar-refractivity contribution in [2.45, 2.75) is 12.8 Å². The number of benzene rings is 2. The van der Waals surface area contributed by atoms with Crippen molar-refractivity contribution in [1.82, 2.24) is 0 Å². The first kappa shape index (κ1) is 18.2. The molecule has 6 heteroatoms. The molecule has 0 saturated carbocycles. The molecular weight excluding hydrogens is 396 g/mol. The van der Waals surface area contributed by atoms with Gasteiger partial charge in [0, 0.05) is 15.8 Å². The summed E-state index contributed by atoms with van der Waals surface area (Å²) >= 11 is 3.36. The fourth-order valence-electron chi connectivity index (χ4n) is 2.94. The molecule has 2 aromatic rings. The summed E-state index contributed by atoms with van der Waals surface area (Å²) in [5.74, 6) is -1.10. The minimum Gasteiger partial charge on any atom is -0.508 e. The number of phenolic OH excluding ortho intramolecular Hbond substituents is 1. The molecule has 0 aromatic heterocycles. The van der Waals surface area contributed by atoms with Crippen LogP contribution in [0.4, 0.5) is 11.4 Å². The second kappa shape index (κ2) is 8.19. The quantitative estimate of drug-likeness (QED) is 0.514. The van der Waals surface area contributed by atoms with Crippen molar-refractivity contribution in [3.8, 4) is 5.75 Å². The van der Waals surface area contributed by atoms with Crippen LogP contribution in [-0.4, -0.2) is 16.9 Å². The summed E-state index contributed by atoms with van der Waals surface area (Å²) in [6.45, 7) is 0. The van der Waals surface area contributed by atoms with Crippen LogP contribution >= 0.6 is 15.9 Å². The molecule has 26 heavy (non-hydrogen) atoms. The maximum Gasteiger partial charge on any atom is 0.228 e. The van der Waals surface area contributed by atoms with E-state index in [1.54, 1.807) is 12.1 Å². The molecule has 134 valence electrons. The van der Waals surface area contributed by atoms with Crippen LogP contribution in [0.3, 0.4) is 0 Å². The molecule has 1 aliphatic carbocycles. The Labute approximate surface area is 160 Å². The summed E-state index contributed by atoms with van der Waals surface area (Å²) in [5.41, 5.74) is 1.29. The number of nitrogens with one attached hydrogen (secondary N) is 2. The molecule has 2 amide bonds. The smallest absolute Gasteiger partial charge is 0.228 e. The van der Waals surface area contributed by atoms with Gasteiger partial charge in [-0.1, -0.05) is 28.1 Å². The third-order valence-corrected chi connectivity index (χ3v) is 4.88. The molecule has 0 spiro atoms. The first-order chi connectivity index (χ1) is 12.5. The van der Waals surface area contributed by atoms with E-state index in [1.807, 2.05) is 36.4 Å². The number of allylic oxidation sites excluding steroid dienone is 2. The van der Waals surface area contributed by atoms with Crippen LogP contribution in [-0.2, 0) is 9.59 Å². The summed E-state index contributed by atoms with van der Waals surface area (Å²) in [6, 6.07) is 13.6. The van der Waals surface area contributed by atoms with Crippen LogP contribution in [0.2, 0.25) is 0 Å². The number of amides is 2. The van der Waals surface area contributed by atoms with Crippen molar-refractivity contribution in [2.24, 2.45) is 11.8 Å². The number of rotatable bonds is 4. The maximum absolute atomic E-state index is 12.7. The summed E-state index contributed by atoms with van der Waals surface area (Å²) in [6.07, 6.45) is 4.92.